The SMILES string of the molecule is Cc1cc(OCC(=O)N(C)CCC2CCOCC2)cc(C)c1Cl. The fraction of sp³-hybridized carbons (Fsp3) is 0.611. The summed E-state index contributed by atoms with van der Waals surface area (Å²) in [6.45, 7) is 6.39. The largest absolute Gasteiger partial charge is 0.484 e. The first-order chi connectivity index (χ1) is 11.0. The lowest BCUT2D eigenvalue weighted by Crippen LogP contribution is -2.33. The number of hydrogen-bond donors (Lipinski definition) is 0. The minimum atomic E-state index is 0.00214. The highest BCUT2D eigenvalue weighted by molar-refractivity contribution is 6.32. The number of likely N-dealkylation sites (N-methyl/N-ethyl adjacent to an activating group) is 1. The van der Waals surface area contributed by atoms with Gasteiger partial charge in [0.25, 0.3) is 5.91 Å². The van der Waals surface area contributed by atoms with Gasteiger partial charge in [0, 0.05) is 31.8 Å². The van der Waals surface area contributed by atoms with E-state index in [1.807, 2.05) is 33.0 Å². The highest BCUT2D eigenvalue weighted by atomic mass is 35.5. The fourth-order valence-corrected chi connectivity index (χ4v) is 2.89. The maximum Gasteiger partial charge on any atom is 0.260 e. The topological polar surface area (TPSA) is 38.8 Å². The fourth-order valence-electron chi connectivity index (χ4n) is 2.78. The lowest BCUT2D eigenvalue weighted by molar-refractivity contribution is -0.132. The highest BCUT2D eigenvalue weighted by Gasteiger charge is 2.16. The van der Waals surface area contributed by atoms with Crippen molar-refractivity contribution in [2.75, 3.05) is 33.4 Å². The third-order valence-corrected chi connectivity index (χ3v) is 5.01. The van der Waals surface area contributed by atoms with Gasteiger partial charge in [-0.1, -0.05) is 11.6 Å². The number of nitrogens with zero attached hydrogens (tertiary/aromatic N) is 1. The second-order valence-electron chi connectivity index (χ2n) is 6.32. The van der Waals surface area contributed by atoms with E-state index in [1.165, 1.54) is 0 Å². The van der Waals surface area contributed by atoms with Crippen LogP contribution in [0.3, 0.4) is 0 Å². The van der Waals surface area contributed by atoms with Crippen molar-refractivity contribution in [2.24, 2.45) is 5.92 Å². The molecule has 1 aliphatic rings. The maximum atomic E-state index is 12.2. The van der Waals surface area contributed by atoms with Crippen molar-refractivity contribution < 1.29 is 14.3 Å². The molecule has 1 heterocycles. The first kappa shape index (κ1) is 18.1. The number of benzene rings is 1. The quantitative estimate of drug-likeness (QED) is 0.794. The van der Waals surface area contributed by atoms with E-state index in [4.69, 9.17) is 21.1 Å². The summed E-state index contributed by atoms with van der Waals surface area (Å²) in [5.41, 5.74) is 1.92. The third kappa shape index (κ3) is 5.40. The van der Waals surface area contributed by atoms with Crippen molar-refractivity contribution in [2.45, 2.75) is 33.1 Å². The summed E-state index contributed by atoms with van der Waals surface area (Å²) in [6, 6.07) is 3.73. The molecule has 128 valence electrons. The van der Waals surface area contributed by atoms with Gasteiger partial charge in [-0.2, -0.15) is 0 Å². The smallest absolute Gasteiger partial charge is 0.260 e. The van der Waals surface area contributed by atoms with E-state index >= 15 is 0 Å². The Morgan fingerprint density at radius 2 is 1.91 bits per heavy atom. The summed E-state index contributed by atoms with van der Waals surface area (Å²) in [6.07, 6.45) is 3.23. The molecule has 0 unspecified atom stereocenters. The van der Waals surface area contributed by atoms with Crippen molar-refractivity contribution in [3.05, 3.63) is 28.3 Å². The molecule has 0 spiro atoms. The zero-order chi connectivity index (χ0) is 16.8. The number of carbonyl (C=O) groups is 1. The first-order valence-electron chi connectivity index (χ1n) is 8.18. The number of amides is 1. The number of ether oxygens (including phenoxy) is 2. The Kier molecular flexibility index (Phi) is 6.72. The van der Waals surface area contributed by atoms with Crippen LogP contribution in [0.25, 0.3) is 0 Å². The van der Waals surface area contributed by atoms with E-state index < -0.39 is 0 Å². The predicted octanol–water partition coefficient (Wildman–Crippen LogP) is 3.61. The summed E-state index contributed by atoms with van der Waals surface area (Å²) in [5, 5.41) is 0.747. The van der Waals surface area contributed by atoms with Crippen LogP contribution in [0.1, 0.15) is 30.4 Å². The normalized spacial score (nSPS) is 15.5. The predicted molar refractivity (Wildman–Crippen MR) is 92.2 cm³/mol. The van der Waals surface area contributed by atoms with Crippen LogP contribution in [0.5, 0.6) is 5.75 Å². The van der Waals surface area contributed by atoms with Crippen molar-refractivity contribution in [1.29, 1.82) is 0 Å². The molecule has 0 atom stereocenters. The van der Waals surface area contributed by atoms with Crippen LogP contribution in [-0.2, 0) is 9.53 Å². The molecule has 0 saturated carbocycles. The zero-order valence-electron chi connectivity index (χ0n) is 14.2. The zero-order valence-corrected chi connectivity index (χ0v) is 15.0. The molecular weight excluding hydrogens is 314 g/mol. The number of aryl methyl sites for hydroxylation is 2. The Balaban J connectivity index is 1.77. The number of halogens is 1. The van der Waals surface area contributed by atoms with Crippen molar-refractivity contribution in [3.63, 3.8) is 0 Å². The number of hydrogen-bond acceptors (Lipinski definition) is 3. The van der Waals surface area contributed by atoms with Crippen molar-refractivity contribution >= 4 is 17.5 Å². The second kappa shape index (κ2) is 8.55. The highest BCUT2D eigenvalue weighted by Crippen LogP contribution is 2.25. The Hall–Kier alpha value is -1.26. The molecule has 1 aromatic rings. The summed E-state index contributed by atoms with van der Waals surface area (Å²) in [7, 11) is 1.84. The summed E-state index contributed by atoms with van der Waals surface area (Å²) in [5.74, 6) is 1.36. The number of rotatable bonds is 6. The monoisotopic (exact) mass is 339 g/mol. The molecule has 23 heavy (non-hydrogen) atoms. The van der Waals surface area contributed by atoms with Gasteiger partial charge in [-0.25, -0.2) is 0 Å². The minimum absolute atomic E-state index is 0.00214. The molecule has 1 fully saturated rings. The molecule has 5 heteroatoms. The lowest BCUT2D eigenvalue weighted by atomic mass is 9.96. The van der Waals surface area contributed by atoms with E-state index in [0.717, 1.165) is 55.2 Å². The molecule has 4 nitrogen and oxygen atoms in total. The van der Waals surface area contributed by atoms with E-state index in [0.29, 0.717) is 11.7 Å². The van der Waals surface area contributed by atoms with Gasteiger partial charge in [0.05, 0.1) is 0 Å². The molecule has 1 aliphatic heterocycles. The van der Waals surface area contributed by atoms with Crippen molar-refractivity contribution in [1.82, 2.24) is 4.90 Å². The average molecular weight is 340 g/mol. The van der Waals surface area contributed by atoms with Gasteiger partial charge in [0.1, 0.15) is 5.75 Å². The van der Waals surface area contributed by atoms with Crippen LogP contribution in [0.15, 0.2) is 12.1 Å². The Morgan fingerprint density at radius 3 is 2.52 bits per heavy atom. The van der Waals surface area contributed by atoms with Crippen LogP contribution in [-0.4, -0.2) is 44.2 Å². The van der Waals surface area contributed by atoms with Gasteiger partial charge in [0.2, 0.25) is 0 Å². The van der Waals surface area contributed by atoms with E-state index in [2.05, 4.69) is 0 Å². The Morgan fingerprint density at radius 1 is 1.30 bits per heavy atom. The van der Waals surface area contributed by atoms with Crippen LogP contribution in [0.2, 0.25) is 5.02 Å². The average Bonchev–Trinajstić information content (AvgIpc) is 2.56. The molecule has 0 bridgehead atoms. The molecule has 0 aliphatic carbocycles. The molecule has 0 radical (unpaired) electrons. The second-order valence-corrected chi connectivity index (χ2v) is 6.70. The Bertz CT molecular complexity index is 518. The van der Waals surface area contributed by atoms with Gasteiger partial charge in [-0.05, 0) is 62.3 Å². The molecule has 0 aromatic heterocycles. The molecular formula is C18H26ClNO3. The Labute approximate surface area is 143 Å². The van der Waals surface area contributed by atoms with Crippen LogP contribution < -0.4 is 4.74 Å². The van der Waals surface area contributed by atoms with Gasteiger partial charge in [0.15, 0.2) is 6.61 Å². The molecule has 1 saturated heterocycles. The molecule has 2 rings (SSSR count). The molecule has 0 N–H and O–H groups in total. The maximum absolute atomic E-state index is 12.2. The summed E-state index contributed by atoms with van der Waals surface area (Å²) in [4.78, 5) is 13.9. The molecule has 1 aromatic carbocycles. The van der Waals surface area contributed by atoms with Gasteiger partial charge >= 0.3 is 0 Å². The minimum Gasteiger partial charge on any atom is -0.484 e. The summed E-state index contributed by atoms with van der Waals surface area (Å²) >= 11 is 6.14. The number of carbonyl (C=O) groups excluding carboxylic acids is 1. The van der Waals surface area contributed by atoms with Crippen LogP contribution >= 0.6 is 11.6 Å². The van der Waals surface area contributed by atoms with E-state index in [9.17, 15) is 4.79 Å². The first-order valence-corrected chi connectivity index (χ1v) is 8.56. The molecule has 1 amide bonds. The van der Waals surface area contributed by atoms with E-state index in [1.54, 1.807) is 4.90 Å². The van der Waals surface area contributed by atoms with E-state index in [-0.39, 0.29) is 12.5 Å². The van der Waals surface area contributed by atoms with Crippen molar-refractivity contribution in [3.8, 4) is 5.75 Å². The van der Waals surface area contributed by atoms with Gasteiger partial charge < -0.3 is 14.4 Å². The summed E-state index contributed by atoms with van der Waals surface area (Å²) < 4.78 is 11.0. The lowest BCUT2D eigenvalue weighted by Gasteiger charge is -2.25. The van der Waals surface area contributed by atoms with Crippen LogP contribution in [0, 0.1) is 19.8 Å². The third-order valence-electron chi connectivity index (χ3n) is 4.41. The van der Waals surface area contributed by atoms with Gasteiger partial charge in [-0.15, -0.1) is 0 Å². The van der Waals surface area contributed by atoms with Gasteiger partial charge in [-0.3, -0.25) is 4.79 Å². The van der Waals surface area contributed by atoms with Crippen LogP contribution in [0.4, 0.5) is 0 Å². The standard InChI is InChI=1S/C18H26ClNO3/c1-13-10-16(11-14(2)18(13)19)23-12-17(21)20(3)7-4-15-5-8-22-9-6-15/h10-11,15H,4-9,12H2,1-3H3.